The van der Waals surface area contributed by atoms with E-state index in [0.717, 1.165) is 17.7 Å². The van der Waals surface area contributed by atoms with Crippen LogP contribution in [0.5, 0.6) is 0 Å². The summed E-state index contributed by atoms with van der Waals surface area (Å²) in [5, 5.41) is 13.3. The summed E-state index contributed by atoms with van der Waals surface area (Å²) < 4.78 is 0. The number of nitro groups is 1. The number of benzene rings is 1. The Kier molecular flexibility index (Phi) is 6.81. The first-order chi connectivity index (χ1) is 11.9. The van der Waals surface area contributed by atoms with Crippen molar-refractivity contribution in [2.24, 2.45) is 5.92 Å². The van der Waals surface area contributed by atoms with Gasteiger partial charge in [-0.2, -0.15) is 0 Å². The van der Waals surface area contributed by atoms with Gasteiger partial charge < -0.3 is 10.2 Å². The van der Waals surface area contributed by atoms with E-state index in [1.165, 1.54) is 30.8 Å². The van der Waals surface area contributed by atoms with Gasteiger partial charge in [0, 0.05) is 43.6 Å². The molecule has 2 amide bonds. The molecular formula is C17H23N3O4S. The number of piperidine rings is 1. The second-order valence-corrected chi connectivity index (χ2v) is 7.63. The Balaban J connectivity index is 1.82. The van der Waals surface area contributed by atoms with E-state index in [1.807, 2.05) is 11.8 Å². The third kappa shape index (κ3) is 5.74. The summed E-state index contributed by atoms with van der Waals surface area (Å²) in [5.41, 5.74) is 0.0459. The van der Waals surface area contributed by atoms with Crippen molar-refractivity contribution in [3.63, 3.8) is 0 Å². The molecule has 0 aromatic heterocycles. The van der Waals surface area contributed by atoms with Crippen LogP contribution in [0.1, 0.15) is 26.7 Å². The number of thioether (sulfide) groups is 1. The Bertz CT molecular complexity index is 627. The van der Waals surface area contributed by atoms with Crippen molar-refractivity contribution in [3.8, 4) is 0 Å². The highest BCUT2D eigenvalue weighted by atomic mass is 32.2. The summed E-state index contributed by atoms with van der Waals surface area (Å²) in [6, 6.07) is 6.25. The molecule has 0 bridgehead atoms. The van der Waals surface area contributed by atoms with Gasteiger partial charge in [-0.05, 0) is 37.8 Å². The summed E-state index contributed by atoms with van der Waals surface area (Å²) in [4.78, 5) is 36.5. The quantitative estimate of drug-likeness (QED) is 0.475. The fraction of sp³-hybridized carbons (Fsp3) is 0.529. The third-order valence-corrected chi connectivity index (χ3v) is 5.37. The van der Waals surface area contributed by atoms with Crippen molar-refractivity contribution in [3.05, 3.63) is 34.4 Å². The molecule has 1 aliphatic rings. The van der Waals surface area contributed by atoms with Gasteiger partial charge in [0.05, 0.1) is 10.2 Å². The van der Waals surface area contributed by atoms with Gasteiger partial charge in [-0.3, -0.25) is 19.7 Å². The fourth-order valence-electron chi connectivity index (χ4n) is 2.80. The van der Waals surface area contributed by atoms with E-state index in [4.69, 9.17) is 0 Å². The van der Waals surface area contributed by atoms with Gasteiger partial charge in [-0.1, -0.05) is 0 Å². The highest BCUT2D eigenvalue weighted by Gasteiger charge is 2.26. The van der Waals surface area contributed by atoms with E-state index in [9.17, 15) is 19.7 Å². The number of nitro benzene ring substituents is 1. The number of carbonyl (C=O) groups is 2. The Morgan fingerprint density at radius 2 is 1.92 bits per heavy atom. The molecule has 7 nitrogen and oxygen atoms in total. The Morgan fingerprint density at radius 1 is 1.32 bits per heavy atom. The largest absolute Gasteiger partial charge is 0.356 e. The smallest absolute Gasteiger partial charge is 0.269 e. The molecule has 1 aliphatic heterocycles. The SMILES string of the molecule is CC(=O)NCC1CCN(C(=O)C(C)Sc2ccc([N+](=O)[O-])cc2)CC1. The molecule has 25 heavy (non-hydrogen) atoms. The molecule has 1 aromatic carbocycles. The second-order valence-electron chi connectivity index (χ2n) is 6.22. The summed E-state index contributed by atoms with van der Waals surface area (Å²) >= 11 is 1.41. The van der Waals surface area contributed by atoms with Crippen LogP contribution in [0, 0.1) is 16.0 Å². The predicted octanol–water partition coefficient (Wildman–Crippen LogP) is 2.45. The molecule has 2 rings (SSSR count). The van der Waals surface area contributed by atoms with Crippen LogP contribution in [0.3, 0.4) is 0 Å². The molecular weight excluding hydrogens is 342 g/mol. The van der Waals surface area contributed by atoms with Crippen molar-refractivity contribution in [2.45, 2.75) is 36.8 Å². The molecule has 1 unspecified atom stereocenters. The minimum atomic E-state index is -0.436. The number of nitrogens with one attached hydrogen (secondary N) is 1. The number of amides is 2. The third-order valence-electron chi connectivity index (χ3n) is 4.27. The lowest BCUT2D eigenvalue weighted by molar-refractivity contribution is -0.384. The standard InChI is InChI=1S/C17H23N3O4S/c1-12(25-16-5-3-15(4-6-16)20(23)24)17(22)19-9-7-14(8-10-19)11-18-13(2)21/h3-6,12,14H,7-11H2,1-2H3,(H,18,21). The van der Waals surface area contributed by atoms with Crippen LogP contribution in [-0.2, 0) is 9.59 Å². The van der Waals surface area contributed by atoms with Crippen LogP contribution in [0.25, 0.3) is 0 Å². The van der Waals surface area contributed by atoms with Crippen LogP contribution >= 0.6 is 11.8 Å². The molecule has 1 saturated heterocycles. The van der Waals surface area contributed by atoms with E-state index in [2.05, 4.69) is 5.32 Å². The molecule has 1 heterocycles. The molecule has 0 spiro atoms. The van der Waals surface area contributed by atoms with Crippen LogP contribution < -0.4 is 5.32 Å². The number of rotatable bonds is 6. The van der Waals surface area contributed by atoms with Crippen molar-refractivity contribution in [2.75, 3.05) is 19.6 Å². The molecule has 0 aliphatic carbocycles. The van der Waals surface area contributed by atoms with Crippen molar-refractivity contribution in [1.82, 2.24) is 10.2 Å². The molecule has 0 radical (unpaired) electrons. The molecule has 1 atom stereocenters. The fourth-order valence-corrected chi connectivity index (χ4v) is 3.75. The number of likely N-dealkylation sites (tertiary alicyclic amines) is 1. The van der Waals surface area contributed by atoms with Crippen LogP contribution in [0.4, 0.5) is 5.69 Å². The minimum Gasteiger partial charge on any atom is -0.356 e. The summed E-state index contributed by atoms with van der Waals surface area (Å²) in [6.45, 7) is 5.44. The van der Waals surface area contributed by atoms with Gasteiger partial charge in [0.15, 0.2) is 0 Å². The topological polar surface area (TPSA) is 92.6 Å². The lowest BCUT2D eigenvalue weighted by Crippen LogP contribution is -2.44. The number of hydrogen-bond acceptors (Lipinski definition) is 5. The monoisotopic (exact) mass is 365 g/mol. The van der Waals surface area contributed by atoms with E-state index in [0.29, 0.717) is 25.6 Å². The number of non-ortho nitro benzene ring substituents is 1. The maximum atomic E-state index is 12.6. The first-order valence-corrected chi connectivity index (χ1v) is 9.19. The Labute approximate surface area is 151 Å². The maximum Gasteiger partial charge on any atom is 0.269 e. The maximum absolute atomic E-state index is 12.6. The number of nitrogens with zero attached hydrogens (tertiary/aromatic N) is 2. The molecule has 1 aromatic rings. The van der Waals surface area contributed by atoms with Gasteiger partial charge in [0.1, 0.15) is 0 Å². The lowest BCUT2D eigenvalue weighted by Gasteiger charge is -2.33. The molecule has 1 fully saturated rings. The zero-order chi connectivity index (χ0) is 18.4. The minimum absolute atomic E-state index is 0.0216. The average Bonchev–Trinajstić information content (AvgIpc) is 2.60. The summed E-state index contributed by atoms with van der Waals surface area (Å²) in [7, 11) is 0. The average molecular weight is 365 g/mol. The van der Waals surface area contributed by atoms with Gasteiger partial charge in [0.2, 0.25) is 11.8 Å². The summed E-state index contributed by atoms with van der Waals surface area (Å²) in [6.07, 6.45) is 1.78. The molecule has 1 N–H and O–H groups in total. The van der Waals surface area contributed by atoms with E-state index < -0.39 is 4.92 Å². The Morgan fingerprint density at radius 3 is 2.44 bits per heavy atom. The van der Waals surface area contributed by atoms with Crippen molar-refractivity contribution in [1.29, 1.82) is 0 Å². The molecule has 0 saturated carbocycles. The van der Waals surface area contributed by atoms with Crippen molar-refractivity contribution >= 4 is 29.3 Å². The lowest BCUT2D eigenvalue weighted by atomic mass is 9.96. The Hall–Kier alpha value is -2.09. The zero-order valence-corrected chi connectivity index (χ0v) is 15.3. The zero-order valence-electron chi connectivity index (χ0n) is 14.4. The molecule has 136 valence electrons. The number of hydrogen-bond donors (Lipinski definition) is 1. The van der Waals surface area contributed by atoms with Gasteiger partial charge in [-0.15, -0.1) is 11.8 Å². The normalized spacial score (nSPS) is 16.3. The van der Waals surface area contributed by atoms with Crippen LogP contribution in [-0.4, -0.2) is 46.5 Å². The predicted molar refractivity (Wildman–Crippen MR) is 96.4 cm³/mol. The van der Waals surface area contributed by atoms with Crippen molar-refractivity contribution < 1.29 is 14.5 Å². The van der Waals surface area contributed by atoms with Crippen LogP contribution in [0.15, 0.2) is 29.2 Å². The van der Waals surface area contributed by atoms with Gasteiger partial charge in [-0.25, -0.2) is 0 Å². The highest BCUT2D eigenvalue weighted by molar-refractivity contribution is 8.00. The van der Waals surface area contributed by atoms with Crippen LogP contribution in [0.2, 0.25) is 0 Å². The van der Waals surface area contributed by atoms with E-state index in [-0.39, 0.29) is 22.8 Å². The molecule has 8 heteroatoms. The first-order valence-electron chi connectivity index (χ1n) is 8.31. The van der Waals surface area contributed by atoms with E-state index >= 15 is 0 Å². The van der Waals surface area contributed by atoms with Gasteiger partial charge >= 0.3 is 0 Å². The van der Waals surface area contributed by atoms with Gasteiger partial charge in [0.25, 0.3) is 5.69 Å². The summed E-state index contributed by atoms with van der Waals surface area (Å²) in [5.74, 6) is 0.485. The first kappa shape index (κ1) is 19.2. The number of carbonyl (C=O) groups excluding carboxylic acids is 2. The second kappa shape index (κ2) is 8.84. The highest BCUT2D eigenvalue weighted by Crippen LogP contribution is 2.27. The van der Waals surface area contributed by atoms with E-state index in [1.54, 1.807) is 12.1 Å².